The van der Waals surface area contributed by atoms with E-state index in [4.69, 9.17) is 18.0 Å². The molecule has 5 heteroatoms. The van der Waals surface area contributed by atoms with E-state index in [2.05, 4.69) is 6.92 Å². The standard InChI is InChI=1S/C13H28O4Si/c1-5-15-18(4,16-6-2)17-12(3)9-7-8-10-13-11-14-13/h12-13H,5-11H2,1-4H3. The summed E-state index contributed by atoms with van der Waals surface area (Å²) < 4.78 is 22.5. The van der Waals surface area contributed by atoms with E-state index >= 15 is 0 Å². The molecule has 18 heavy (non-hydrogen) atoms. The Hall–Kier alpha value is 0.0569. The summed E-state index contributed by atoms with van der Waals surface area (Å²) in [5.41, 5.74) is 0. The molecular formula is C13H28O4Si. The molecule has 0 aromatic carbocycles. The molecule has 1 heterocycles. The largest absolute Gasteiger partial charge is 0.497 e. The van der Waals surface area contributed by atoms with Gasteiger partial charge in [-0.05, 0) is 33.6 Å². The van der Waals surface area contributed by atoms with E-state index in [1.54, 1.807) is 0 Å². The van der Waals surface area contributed by atoms with Gasteiger partial charge in [-0.25, -0.2) is 0 Å². The van der Waals surface area contributed by atoms with Gasteiger partial charge in [0.05, 0.1) is 12.7 Å². The number of unbranched alkanes of at least 4 members (excludes halogenated alkanes) is 1. The van der Waals surface area contributed by atoms with E-state index in [0.29, 0.717) is 19.3 Å². The first-order valence-electron chi connectivity index (χ1n) is 7.17. The summed E-state index contributed by atoms with van der Waals surface area (Å²) in [5, 5.41) is 0. The van der Waals surface area contributed by atoms with Gasteiger partial charge >= 0.3 is 8.80 Å². The molecule has 0 radical (unpaired) electrons. The van der Waals surface area contributed by atoms with E-state index in [-0.39, 0.29) is 6.10 Å². The van der Waals surface area contributed by atoms with Crippen molar-refractivity contribution < 1.29 is 18.0 Å². The van der Waals surface area contributed by atoms with Crippen LogP contribution in [0, 0.1) is 0 Å². The van der Waals surface area contributed by atoms with Crippen LogP contribution in [0.1, 0.15) is 46.5 Å². The predicted molar refractivity (Wildman–Crippen MR) is 73.6 cm³/mol. The van der Waals surface area contributed by atoms with Crippen molar-refractivity contribution in [1.29, 1.82) is 0 Å². The Kier molecular flexibility index (Phi) is 7.40. The molecule has 1 aliphatic heterocycles. The van der Waals surface area contributed by atoms with Crippen LogP contribution in [0.25, 0.3) is 0 Å². The summed E-state index contributed by atoms with van der Waals surface area (Å²) in [6, 6.07) is 0. The monoisotopic (exact) mass is 276 g/mol. The van der Waals surface area contributed by atoms with Crippen LogP contribution in [-0.2, 0) is 18.0 Å². The molecule has 0 aliphatic carbocycles. The first-order valence-corrected chi connectivity index (χ1v) is 9.39. The third-order valence-corrected chi connectivity index (χ3v) is 5.47. The maximum atomic E-state index is 6.00. The van der Waals surface area contributed by atoms with Gasteiger partial charge in [0, 0.05) is 25.9 Å². The van der Waals surface area contributed by atoms with Crippen LogP contribution in [0.15, 0.2) is 0 Å². The summed E-state index contributed by atoms with van der Waals surface area (Å²) in [4.78, 5) is 0. The van der Waals surface area contributed by atoms with Crippen LogP contribution in [0.5, 0.6) is 0 Å². The maximum Gasteiger partial charge on any atom is 0.497 e. The molecule has 4 nitrogen and oxygen atoms in total. The highest BCUT2D eigenvalue weighted by molar-refractivity contribution is 6.59. The van der Waals surface area contributed by atoms with Gasteiger partial charge in [-0.15, -0.1) is 0 Å². The lowest BCUT2D eigenvalue weighted by molar-refractivity contribution is 0.0407. The van der Waals surface area contributed by atoms with Gasteiger partial charge in [-0.2, -0.15) is 0 Å². The number of rotatable bonds is 11. The summed E-state index contributed by atoms with van der Waals surface area (Å²) in [5.74, 6) is 0. The number of hydrogen-bond acceptors (Lipinski definition) is 4. The van der Waals surface area contributed by atoms with Crippen molar-refractivity contribution >= 4 is 8.80 Å². The van der Waals surface area contributed by atoms with E-state index in [1.807, 2.05) is 20.4 Å². The molecule has 0 saturated carbocycles. The minimum atomic E-state index is -2.41. The van der Waals surface area contributed by atoms with Gasteiger partial charge in [0.25, 0.3) is 0 Å². The van der Waals surface area contributed by atoms with Crippen molar-refractivity contribution in [2.45, 2.75) is 65.2 Å². The van der Waals surface area contributed by atoms with Crippen molar-refractivity contribution in [3.8, 4) is 0 Å². The van der Waals surface area contributed by atoms with Gasteiger partial charge in [-0.1, -0.05) is 12.8 Å². The summed E-state index contributed by atoms with van der Waals surface area (Å²) in [7, 11) is -2.41. The zero-order chi connectivity index (χ0) is 13.4. The molecule has 1 aliphatic rings. The second-order valence-corrected chi connectivity index (χ2v) is 7.43. The van der Waals surface area contributed by atoms with E-state index < -0.39 is 8.80 Å². The first-order chi connectivity index (χ1) is 8.59. The summed E-state index contributed by atoms with van der Waals surface area (Å²) in [6.45, 7) is 10.3. The maximum absolute atomic E-state index is 6.00. The van der Waals surface area contributed by atoms with E-state index in [9.17, 15) is 0 Å². The van der Waals surface area contributed by atoms with Crippen LogP contribution in [0.4, 0.5) is 0 Å². The molecule has 0 aromatic heterocycles. The summed E-state index contributed by atoms with van der Waals surface area (Å²) in [6.07, 6.45) is 5.42. The Bertz CT molecular complexity index is 215. The minimum Gasteiger partial charge on any atom is -0.374 e. The molecule has 0 amide bonds. The molecule has 1 fully saturated rings. The lowest BCUT2D eigenvalue weighted by atomic mass is 10.1. The van der Waals surface area contributed by atoms with Gasteiger partial charge in [0.2, 0.25) is 0 Å². The van der Waals surface area contributed by atoms with Crippen LogP contribution in [-0.4, -0.2) is 40.8 Å². The van der Waals surface area contributed by atoms with Gasteiger partial charge < -0.3 is 18.0 Å². The molecule has 108 valence electrons. The molecule has 2 unspecified atom stereocenters. The molecule has 0 N–H and O–H groups in total. The highest BCUT2D eigenvalue weighted by Gasteiger charge is 2.35. The fourth-order valence-corrected chi connectivity index (χ4v) is 4.21. The molecule has 0 bridgehead atoms. The molecule has 2 atom stereocenters. The van der Waals surface area contributed by atoms with Crippen LogP contribution < -0.4 is 0 Å². The Morgan fingerprint density at radius 3 is 2.33 bits per heavy atom. The quantitative estimate of drug-likeness (QED) is 0.330. The number of ether oxygens (including phenoxy) is 1. The number of hydrogen-bond donors (Lipinski definition) is 0. The van der Waals surface area contributed by atoms with Crippen molar-refractivity contribution in [2.24, 2.45) is 0 Å². The SMILES string of the molecule is CCO[Si](C)(OCC)OC(C)CCCCC1CO1. The molecule has 1 saturated heterocycles. The third kappa shape index (κ3) is 6.85. The Labute approximate surface area is 112 Å². The fraction of sp³-hybridized carbons (Fsp3) is 1.00. The molecular weight excluding hydrogens is 248 g/mol. The Balaban J connectivity index is 2.15. The second-order valence-electron chi connectivity index (χ2n) is 4.90. The number of epoxide rings is 1. The minimum absolute atomic E-state index is 0.208. The highest BCUT2D eigenvalue weighted by Crippen LogP contribution is 2.19. The van der Waals surface area contributed by atoms with Gasteiger partial charge in [0.1, 0.15) is 0 Å². The van der Waals surface area contributed by atoms with Gasteiger partial charge in [-0.3, -0.25) is 0 Å². The zero-order valence-electron chi connectivity index (χ0n) is 12.2. The predicted octanol–water partition coefficient (Wildman–Crippen LogP) is 2.99. The topological polar surface area (TPSA) is 40.2 Å². The summed E-state index contributed by atoms with van der Waals surface area (Å²) >= 11 is 0. The zero-order valence-corrected chi connectivity index (χ0v) is 13.2. The molecule has 0 spiro atoms. The average Bonchev–Trinajstić information content (AvgIpc) is 3.08. The van der Waals surface area contributed by atoms with E-state index in [0.717, 1.165) is 13.0 Å². The third-order valence-electron chi connectivity index (χ3n) is 3.02. The smallest absolute Gasteiger partial charge is 0.374 e. The highest BCUT2D eigenvalue weighted by atomic mass is 28.4. The average molecular weight is 276 g/mol. The van der Waals surface area contributed by atoms with E-state index in [1.165, 1.54) is 19.3 Å². The van der Waals surface area contributed by atoms with Gasteiger partial charge in [0.15, 0.2) is 0 Å². The van der Waals surface area contributed by atoms with Crippen molar-refractivity contribution in [3.63, 3.8) is 0 Å². The Morgan fingerprint density at radius 2 is 1.83 bits per heavy atom. The lowest BCUT2D eigenvalue weighted by Crippen LogP contribution is -2.45. The normalized spacial score (nSPS) is 21.0. The van der Waals surface area contributed by atoms with Crippen LogP contribution in [0.2, 0.25) is 6.55 Å². The van der Waals surface area contributed by atoms with Crippen molar-refractivity contribution in [3.05, 3.63) is 0 Å². The fourth-order valence-electron chi connectivity index (χ4n) is 2.10. The Morgan fingerprint density at radius 1 is 1.22 bits per heavy atom. The second kappa shape index (κ2) is 8.27. The molecule has 0 aromatic rings. The van der Waals surface area contributed by atoms with Crippen LogP contribution in [0.3, 0.4) is 0 Å². The molecule has 1 rings (SSSR count). The van der Waals surface area contributed by atoms with Crippen LogP contribution >= 0.6 is 0 Å². The van der Waals surface area contributed by atoms with Crippen molar-refractivity contribution in [2.75, 3.05) is 19.8 Å². The lowest BCUT2D eigenvalue weighted by Gasteiger charge is -2.28. The van der Waals surface area contributed by atoms with Crippen molar-refractivity contribution in [1.82, 2.24) is 0 Å². The first kappa shape index (κ1) is 16.1.